The van der Waals surface area contributed by atoms with Crippen LogP contribution in [0.25, 0.3) is 11.0 Å². The van der Waals surface area contributed by atoms with Gasteiger partial charge in [-0.2, -0.15) is 0 Å². The molecule has 0 fully saturated rings. The zero-order chi connectivity index (χ0) is 17.1. The van der Waals surface area contributed by atoms with Crippen LogP contribution in [-0.4, -0.2) is 28.6 Å². The summed E-state index contributed by atoms with van der Waals surface area (Å²) in [7, 11) is 0. The highest BCUT2D eigenvalue weighted by Gasteiger charge is 2.15. The van der Waals surface area contributed by atoms with E-state index >= 15 is 0 Å². The molecule has 0 saturated carbocycles. The van der Waals surface area contributed by atoms with Gasteiger partial charge in [0.05, 0.1) is 5.02 Å². The summed E-state index contributed by atoms with van der Waals surface area (Å²) >= 11 is 5.86. The number of phenolic OH excluding ortho intramolecular Hbond substituents is 1. The maximum atomic E-state index is 12.0. The molecule has 0 radical (unpaired) electrons. The highest BCUT2D eigenvalue weighted by molar-refractivity contribution is 6.32. The van der Waals surface area contributed by atoms with Gasteiger partial charge in [0.1, 0.15) is 17.9 Å². The van der Waals surface area contributed by atoms with Crippen molar-refractivity contribution in [2.45, 2.75) is 19.8 Å². The lowest BCUT2D eigenvalue weighted by atomic mass is 10.0. The smallest absolute Gasteiger partial charge is 0.339 e. The first-order valence-electron chi connectivity index (χ1n) is 6.73. The number of aliphatic carboxylic acids is 1. The first kappa shape index (κ1) is 16.8. The molecule has 1 aromatic heterocycles. The summed E-state index contributed by atoms with van der Waals surface area (Å²) in [6.45, 7) is 1.22. The summed E-state index contributed by atoms with van der Waals surface area (Å²) in [5.41, 5.74) is 0.505. The van der Waals surface area contributed by atoms with Gasteiger partial charge < -0.3 is 19.9 Å². The highest BCUT2D eigenvalue weighted by atomic mass is 35.5. The predicted molar refractivity (Wildman–Crippen MR) is 82.9 cm³/mol. The summed E-state index contributed by atoms with van der Waals surface area (Å²) in [4.78, 5) is 33.9. The van der Waals surface area contributed by atoms with E-state index in [1.165, 1.54) is 12.1 Å². The molecule has 3 N–H and O–H groups in total. The number of halogens is 1. The third kappa shape index (κ3) is 3.81. The molecule has 122 valence electrons. The van der Waals surface area contributed by atoms with Crippen molar-refractivity contribution < 1.29 is 24.2 Å². The lowest BCUT2D eigenvalue weighted by molar-refractivity contribution is -0.137. The lowest BCUT2D eigenvalue weighted by Crippen LogP contribution is -2.29. The summed E-state index contributed by atoms with van der Waals surface area (Å²) in [6, 6.07) is 2.74. The molecule has 8 heteroatoms. The number of phenols is 1. The van der Waals surface area contributed by atoms with Crippen molar-refractivity contribution in [3.8, 4) is 5.75 Å². The molecule has 2 aromatic rings. The van der Waals surface area contributed by atoms with Crippen LogP contribution in [-0.2, 0) is 16.0 Å². The van der Waals surface area contributed by atoms with E-state index < -0.39 is 24.0 Å². The number of fused-ring (bicyclic) bond motifs is 1. The number of carboxylic acid groups (broad SMARTS) is 1. The average molecular weight is 340 g/mol. The topological polar surface area (TPSA) is 117 Å². The Balaban J connectivity index is 2.27. The van der Waals surface area contributed by atoms with Gasteiger partial charge in [-0.3, -0.25) is 9.59 Å². The van der Waals surface area contributed by atoms with Crippen LogP contribution in [0.3, 0.4) is 0 Å². The molecule has 1 aromatic carbocycles. The Hall–Kier alpha value is -2.54. The molecule has 1 heterocycles. The van der Waals surface area contributed by atoms with Gasteiger partial charge in [-0.1, -0.05) is 11.6 Å². The fourth-order valence-corrected chi connectivity index (χ4v) is 2.35. The fraction of sp³-hybridized carbons (Fsp3) is 0.267. The van der Waals surface area contributed by atoms with Crippen molar-refractivity contribution in [2.24, 2.45) is 0 Å². The second-order valence-electron chi connectivity index (χ2n) is 4.96. The molecule has 0 unspecified atom stereocenters. The largest absolute Gasteiger partial charge is 0.506 e. The van der Waals surface area contributed by atoms with Crippen LogP contribution in [0.15, 0.2) is 21.3 Å². The Morgan fingerprint density at radius 1 is 1.35 bits per heavy atom. The standard InChI is InChI=1S/C15H14ClNO6/c1-7-8(2-3-13(19)17-6-14(20)21)15(22)23-12-5-11(18)10(16)4-9(7)12/h4-5,18H,2-3,6H2,1H3,(H,17,19)(H,20,21). The van der Waals surface area contributed by atoms with Crippen molar-refractivity contribution in [2.75, 3.05) is 6.54 Å². The van der Waals surface area contributed by atoms with Gasteiger partial charge in [0.15, 0.2) is 0 Å². The molecule has 0 atom stereocenters. The van der Waals surface area contributed by atoms with Gasteiger partial charge in [0.25, 0.3) is 0 Å². The molecule has 0 aliphatic rings. The summed E-state index contributed by atoms with van der Waals surface area (Å²) in [6.07, 6.45) is 0.0598. The van der Waals surface area contributed by atoms with Gasteiger partial charge in [-0.05, 0) is 25.0 Å². The molecule has 0 bridgehead atoms. The van der Waals surface area contributed by atoms with Crippen LogP contribution in [0, 0.1) is 6.92 Å². The monoisotopic (exact) mass is 339 g/mol. The minimum atomic E-state index is -1.14. The number of hydrogen-bond acceptors (Lipinski definition) is 5. The van der Waals surface area contributed by atoms with E-state index in [0.717, 1.165) is 0 Å². The van der Waals surface area contributed by atoms with E-state index in [0.29, 0.717) is 16.5 Å². The molecule has 0 aliphatic carbocycles. The number of rotatable bonds is 5. The summed E-state index contributed by atoms with van der Waals surface area (Å²) in [5, 5.41) is 21.0. The van der Waals surface area contributed by atoms with Crippen LogP contribution in [0.1, 0.15) is 17.5 Å². The fourth-order valence-electron chi connectivity index (χ4n) is 2.19. The third-order valence-corrected chi connectivity index (χ3v) is 3.70. The summed E-state index contributed by atoms with van der Waals surface area (Å²) in [5.74, 6) is -1.81. The number of amides is 1. The normalized spacial score (nSPS) is 10.7. The quantitative estimate of drug-likeness (QED) is 0.712. The van der Waals surface area contributed by atoms with Crippen molar-refractivity contribution in [3.63, 3.8) is 0 Å². The minimum absolute atomic E-state index is 0.0454. The first-order chi connectivity index (χ1) is 10.8. The van der Waals surface area contributed by atoms with E-state index in [2.05, 4.69) is 5.32 Å². The molecular formula is C15H14ClNO6. The zero-order valence-corrected chi connectivity index (χ0v) is 12.9. The second-order valence-corrected chi connectivity index (χ2v) is 5.37. The maximum absolute atomic E-state index is 12.0. The van der Waals surface area contributed by atoms with Gasteiger partial charge >= 0.3 is 11.6 Å². The first-order valence-corrected chi connectivity index (χ1v) is 7.10. The second kappa shape index (κ2) is 6.70. The van der Waals surface area contributed by atoms with Crippen molar-refractivity contribution in [1.82, 2.24) is 5.32 Å². The number of carboxylic acids is 1. The highest BCUT2D eigenvalue weighted by Crippen LogP contribution is 2.30. The van der Waals surface area contributed by atoms with E-state index in [9.17, 15) is 19.5 Å². The zero-order valence-electron chi connectivity index (χ0n) is 12.2. The van der Waals surface area contributed by atoms with E-state index in [1.807, 2.05) is 0 Å². The van der Waals surface area contributed by atoms with Crippen LogP contribution in [0.4, 0.5) is 0 Å². The number of carbonyl (C=O) groups excluding carboxylic acids is 1. The van der Waals surface area contributed by atoms with Gasteiger partial charge in [-0.25, -0.2) is 4.79 Å². The minimum Gasteiger partial charge on any atom is -0.506 e. The third-order valence-electron chi connectivity index (χ3n) is 3.39. The Labute approximate surface area is 135 Å². The van der Waals surface area contributed by atoms with Crippen molar-refractivity contribution in [3.05, 3.63) is 38.7 Å². The molecule has 0 saturated heterocycles. The molecule has 1 amide bonds. The lowest BCUT2D eigenvalue weighted by Gasteiger charge is -2.09. The molecule has 7 nitrogen and oxygen atoms in total. The van der Waals surface area contributed by atoms with Crippen molar-refractivity contribution >= 4 is 34.4 Å². The molecular weight excluding hydrogens is 326 g/mol. The van der Waals surface area contributed by atoms with Gasteiger partial charge in [-0.15, -0.1) is 0 Å². The predicted octanol–water partition coefficient (Wildman–Crippen LogP) is 1.59. The molecule has 0 aliphatic heterocycles. The average Bonchev–Trinajstić information content (AvgIpc) is 2.47. The van der Waals surface area contributed by atoms with Crippen LogP contribution >= 0.6 is 11.6 Å². The Morgan fingerprint density at radius 3 is 2.70 bits per heavy atom. The number of carbonyl (C=O) groups is 2. The van der Waals surface area contributed by atoms with Crippen molar-refractivity contribution in [1.29, 1.82) is 0 Å². The molecule has 0 spiro atoms. The number of nitrogens with one attached hydrogen (secondary N) is 1. The van der Waals surface area contributed by atoms with E-state index in [-0.39, 0.29) is 29.2 Å². The van der Waals surface area contributed by atoms with E-state index in [4.69, 9.17) is 21.1 Å². The summed E-state index contributed by atoms with van der Waals surface area (Å²) < 4.78 is 5.14. The Morgan fingerprint density at radius 2 is 2.04 bits per heavy atom. The maximum Gasteiger partial charge on any atom is 0.339 e. The number of aryl methyl sites for hydroxylation is 1. The number of aromatic hydroxyl groups is 1. The van der Waals surface area contributed by atoms with Gasteiger partial charge in [0, 0.05) is 23.4 Å². The SMILES string of the molecule is Cc1c(CCC(=O)NCC(=O)O)c(=O)oc2cc(O)c(Cl)cc12. The number of benzene rings is 1. The van der Waals surface area contributed by atoms with E-state index in [1.54, 1.807) is 6.92 Å². The molecule has 2 rings (SSSR count). The Bertz CT molecular complexity index is 842. The van der Waals surface area contributed by atoms with Crippen LogP contribution in [0.5, 0.6) is 5.75 Å². The van der Waals surface area contributed by atoms with Crippen LogP contribution < -0.4 is 10.9 Å². The Kier molecular flexibility index (Phi) is 4.90. The van der Waals surface area contributed by atoms with Gasteiger partial charge in [0.2, 0.25) is 5.91 Å². The number of hydrogen-bond donors (Lipinski definition) is 3. The molecule has 23 heavy (non-hydrogen) atoms. The van der Waals surface area contributed by atoms with Crippen LogP contribution in [0.2, 0.25) is 5.02 Å².